The number of anilines is 2. The molecule has 184 valence electrons. The van der Waals surface area contributed by atoms with Crippen molar-refractivity contribution in [2.75, 3.05) is 11.1 Å². The molecule has 5 aromatic rings. The summed E-state index contributed by atoms with van der Waals surface area (Å²) >= 11 is 0. The third-order valence-corrected chi connectivity index (χ3v) is 6.72. The number of phenols is 1. The quantitative estimate of drug-likeness (QED) is 0.174. The fourth-order valence-electron chi connectivity index (χ4n) is 4.75. The number of fused-ring (bicyclic) bond motifs is 4. The lowest BCUT2D eigenvalue weighted by Gasteiger charge is -2.12. The standard InChI is InChI=1S/C31H22N4O3/c1-17-6-2-5-9-27(17)33-31(38)26-14-18-7-3-4-8-21(18)28(30(26)37)35-34-20-11-13-23-22-12-10-19(32)15-24(22)29(36)25(23)16-20/h2-16,37H,32H2,1H3,(H,33,38)/b35-34+. The van der Waals surface area contributed by atoms with Crippen molar-refractivity contribution in [2.45, 2.75) is 6.92 Å². The number of rotatable bonds is 4. The van der Waals surface area contributed by atoms with Crippen LogP contribution in [0.25, 0.3) is 21.9 Å². The molecule has 38 heavy (non-hydrogen) atoms. The average Bonchev–Trinajstić information content (AvgIpc) is 3.19. The van der Waals surface area contributed by atoms with E-state index < -0.39 is 5.91 Å². The summed E-state index contributed by atoms with van der Waals surface area (Å²) in [6.07, 6.45) is 0. The Hall–Kier alpha value is -5.30. The molecule has 0 aromatic heterocycles. The van der Waals surface area contributed by atoms with Crippen molar-refractivity contribution in [1.82, 2.24) is 0 Å². The van der Waals surface area contributed by atoms with Crippen LogP contribution in [0.3, 0.4) is 0 Å². The van der Waals surface area contributed by atoms with E-state index in [9.17, 15) is 14.7 Å². The number of benzene rings is 5. The van der Waals surface area contributed by atoms with E-state index in [2.05, 4.69) is 15.5 Å². The largest absolute Gasteiger partial charge is 0.505 e. The van der Waals surface area contributed by atoms with Crippen LogP contribution in [-0.4, -0.2) is 16.8 Å². The molecule has 4 N–H and O–H groups in total. The first-order valence-electron chi connectivity index (χ1n) is 12.0. The molecular formula is C31H22N4O3. The first-order chi connectivity index (χ1) is 18.4. The Morgan fingerprint density at radius 2 is 1.53 bits per heavy atom. The number of nitrogens with zero attached hydrogens (tertiary/aromatic N) is 2. The Morgan fingerprint density at radius 1 is 0.816 bits per heavy atom. The SMILES string of the molecule is Cc1ccccc1NC(=O)c1cc2ccccc2c(/N=N/c2ccc3c(c2)C(=O)c2cc(N)ccc2-3)c1O. The van der Waals surface area contributed by atoms with Crippen molar-refractivity contribution in [1.29, 1.82) is 0 Å². The van der Waals surface area contributed by atoms with Crippen LogP contribution in [0.1, 0.15) is 31.8 Å². The second-order valence-corrected chi connectivity index (χ2v) is 9.18. The second-order valence-electron chi connectivity index (χ2n) is 9.18. The maximum Gasteiger partial charge on any atom is 0.259 e. The molecule has 1 aliphatic carbocycles. The van der Waals surface area contributed by atoms with Gasteiger partial charge in [-0.05, 0) is 65.4 Å². The van der Waals surface area contributed by atoms with Crippen molar-refractivity contribution < 1.29 is 14.7 Å². The minimum atomic E-state index is -0.459. The number of aryl methyl sites for hydroxylation is 1. The molecular weight excluding hydrogens is 476 g/mol. The molecule has 0 saturated carbocycles. The van der Waals surface area contributed by atoms with Gasteiger partial charge in [-0.2, -0.15) is 5.11 Å². The number of carbonyl (C=O) groups is 2. The summed E-state index contributed by atoms with van der Waals surface area (Å²) < 4.78 is 0. The normalized spacial score (nSPS) is 12.1. The topological polar surface area (TPSA) is 117 Å². The molecule has 5 aromatic carbocycles. The summed E-state index contributed by atoms with van der Waals surface area (Å²) in [6.45, 7) is 1.89. The van der Waals surface area contributed by atoms with Crippen LogP contribution in [-0.2, 0) is 0 Å². The van der Waals surface area contributed by atoms with E-state index >= 15 is 0 Å². The maximum atomic E-state index is 13.2. The van der Waals surface area contributed by atoms with Crippen LogP contribution in [0.2, 0.25) is 0 Å². The van der Waals surface area contributed by atoms with E-state index in [1.807, 2.05) is 55.5 Å². The van der Waals surface area contributed by atoms with Gasteiger partial charge in [0, 0.05) is 27.9 Å². The Bertz CT molecular complexity index is 1820. The predicted octanol–water partition coefficient (Wildman–Crippen LogP) is 7.32. The zero-order valence-corrected chi connectivity index (χ0v) is 20.4. The Kier molecular flexibility index (Phi) is 5.46. The third kappa shape index (κ3) is 3.87. The number of hydrogen-bond donors (Lipinski definition) is 3. The van der Waals surface area contributed by atoms with E-state index in [4.69, 9.17) is 5.73 Å². The van der Waals surface area contributed by atoms with Crippen LogP contribution < -0.4 is 11.1 Å². The lowest BCUT2D eigenvalue weighted by atomic mass is 10.0. The number of nitrogens with two attached hydrogens (primary N) is 1. The number of para-hydroxylation sites is 1. The minimum absolute atomic E-state index is 0.0815. The van der Waals surface area contributed by atoms with Gasteiger partial charge in [0.15, 0.2) is 11.5 Å². The van der Waals surface area contributed by atoms with Crippen molar-refractivity contribution in [3.05, 3.63) is 113 Å². The number of ketones is 1. The van der Waals surface area contributed by atoms with Gasteiger partial charge < -0.3 is 16.2 Å². The zero-order valence-electron chi connectivity index (χ0n) is 20.4. The number of carbonyl (C=O) groups excluding carboxylic acids is 2. The summed E-state index contributed by atoms with van der Waals surface area (Å²) in [4.78, 5) is 26.1. The fraction of sp³-hybridized carbons (Fsp3) is 0.0323. The molecule has 7 heteroatoms. The monoisotopic (exact) mass is 498 g/mol. The van der Waals surface area contributed by atoms with E-state index in [1.165, 1.54) is 0 Å². The van der Waals surface area contributed by atoms with Crippen molar-refractivity contribution in [2.24, 2.45) is 10.2 Å². The van der Waals surface area contributed by atoms with Crippen LogP contribution in [0.4, 0.5) is 22.7 Å². The van der Waals surface area contributed by atoms with Crippen molar-refractivity contribution in [3.8, 4) is 16.9 Å². The van der Waals surface area contributed by atoms with Crippen LogP contribution >= 0.6 is 0 Å². The van der Waals surface area contributed by atoms with Crippen LogP contribution in [0, 0.1) is 6.92 Å². The molecule has 0 fully saturated rings. The Morgan fingerprint density at radius 3 is 2.34 bits per heavy atom. The lowest BCUT2D eigenvalue weighted by molar-refractivity contribution is 0.102. The number of aromatic hydroxyl groups is 1. The fourth-order valence-corrected chi connectivity index (χ4v) is 4.75. The van der Waals surface area contributed by atoms with Crippen molar-refractivity contribution in [3.63, 3.8) is 0 Å². The molecule has 0 aliphatic heterocycles. The zero-order chi connectivity index (χ0) is 26.4. The van der Waals surface area contributed by atoms with Gasteiger partial charge in [-0.1, -0.05) is 54.6 Å². The molecule has 1 amide bonds. The number of hydrogen-bond acceptors (Lipinski definition) is 6. The van der Waals surface area contributed by atoms with Gasteiger partial charge in [-0.3, -0.25) is 9.59 Å². The first-order valence-corrected chi connectivity index (χ1v) is 12.0. The van der Waals surface area contributed by atoms with Gasteiger partial charge in [0.05, 0.1) is 11.3 Å². The summed E-state index contributed by atoms with van der Waals surface area (Å²) in [6, 6.07) is 26.9. The maximum absolute atomic E-state index is 13.2. The molecule has 0 bridgehead atoms. The van der Waals surface area contributed by atoms with E-state index in [0.717, 1.165) is 22.1 Å². The molecule has 0 heterocycles. The van der Waals surface area contributed by atoms with E-state index in [-0.39, 0.29) is 22.8 Å². The summed E-state index contributed by atoms with van der Waals surface area (Å²) in [5, 5.41) is 24.1. The molecule has 1 aliphatic rings. The summed E-state index contributed by atoms with van der Waals surface area (Å²) in [5.74, 6) is -0.861. The van der Waals surface area contributed by atoms with Gasteiger partial charge in [-0.25, -0.2) is 0 Å². The molecule has 0 atom stereocenters. The van der Waals surface area contributed by atoms with E-state index in [0.29, 0.717) is 33.6 Å². The Labute approximate surface area is 218 Å². The number of nitrogens with one attached hydrogen (secondary N) is 1. The summed E-state index contributed by atoms with van der Waals surface area (Å²) in [7, 11) is 0. The molecule has 0 spiro atoms. The predicted molar refractivity (Wildman–Crippen MR) is 149 cm³/mol. The molecule has 0 radical (unpaired) electrons. The lowest BCUT2D eigenvalue weighted by Crippen LogP contribution is -2.13. The number of azo groups is 1. The van der Waals surface area contributed by atoms with Crippen LogP contribution in [0.15, 0.2) is 101 Å². The number of amides is 1. The highest BCUT2D eigenvalue weighted by atomic mass is 16.3. The van der Waals surface area contributed by atoms with Gasteiger partial charge >= 0.3 is 0 Å². The number of phenolic OH excluding ortho intramolecular Hbond substituents is 1. The Balaban J connectivity index is 1.39. The molecule has 0 saturated heterocycles. The molecule has 6 rings (SSSR count). The molecule has 0 unspecified atom stereocenters. The second kappa shape index (κ2) is 8.97. The van der Waals surface area contributed by atoms with Gasteiger partial charge in [0.25, 0.3) is 5.91 Å². The first kappa shape index (κ1) is 23.1. The highest BCUT2D eigenvalue weighted by Crippen LogP contribution is 2.42. The van der Waals surface area contributed by atoms with Gasteiger partial charge in [0.1, 0.15) is 5.69 Å². The van der Waals surface area contributed by atoms with Crippen LogP contribution in [0.5, 0.6) is 5.75 Å². The smallest absolute Gasteiger partial charge is 0.259 e. The van der Waals surface area contributed by atoms with Gasteiger partial charge in [0.2, 0.25) is 0 Å². The van der Waals surface area contributed by atoms with Gasteiger partial charge in [-0.15, -0.1) is 5.11 Å². The van der Waals surface area contributed by atoms with Crippen molar-refractivity contribution >= 4 is 45.2 Å². The molecule has 7 nitrogen and oxygen atoms in total. The third-order valence-electron chi connectivity index (χ3n) is 6.72. The minimum Gasteiger partial charge on any atom is -0.505 e. The number of nitrogen functional groups attached to an aromatic ring is 1. The average molecular weight is 499 g/mol. The summed E-state index contributed by atoms with van der Waals surface area (Å²) in [5.41, 5.74) is 11.4. The van der Waals surface area contributed by atoms with E-state index in [1.54, 1.807) is 42.5 Å². The highest BCUT2D eigenvalue weighted by molar-refractivity contribution is 6.22. The highest BCUT2D eigenvalue weighted by Gasteiger charge is 2.27.